The Bertz CT molecular complexity index is 696. The predicted molar refractivity (Wildman–Crippen MR) is 104 cm³/mol. The Hall–Kier alpha value is -0.950. The highest BCUT2D eigenvalue weighted by Gasteiger charge is 2.36. The fourth-order valence-electron chi connectivity index (χ4n) is 4.04. The molecular weight excluding hydrogens is 348 g/mol. The molecule has 6 heteroatoms. The Kier molecular flexibility index (Phi) is 6.07. The predicted octanol–water partition coefficient (Wildman–Crippen LogP) is 3.11. The molecule has 5 nitrogen and oxygen atoms in total. The summed E-state index contributed by atoms with van der Waals surface area (Å²) in [6, 6.07) is 7.47. The van der Waals surface area contributed by atoms with Crippen LogP contribution < -0.4 is 0 Å². The zero-order chi connectivity index (χ0) is 18.8. The van der Waals surface area contributed by atoms with Crippen LogP contribution in [0.15, 0.2) is 29.2 Å². The molecule has 0 amide bonds. The van der Waals surface area contributed by atoms with Crippen molar-refractivity contribution in [1.29, 1.82) is 0 Å². The van der Waals surface area contributed by atoms with Gasteiger partial charge in [-0.3, -0.25) is 4.90 Å². The van der Waals surface area contributed by atoms with Gasteiger partial charge in [0.15, 0.2) is 0 Å². The first kappa shape index (κ1) is 19.8. The fraction of sp³-hybridized carbons (Fsp3) is 0.700. The van der Waals surface area contributed by atoms with Crippen LogP contribution in [0.1, 0.15) is 45.6 Å². The lowest BCUT2D eigenvalue weighted by atomic mass is 9.79. The Morgan fingerprint density at radius 3 is 2.35 bits per heavy atom. The quantitative estimate of drug-likeness (QED) is 0.788. The molecule has 0 spiro atoms. The summed E-state index contributed by atoms with van der Waals surface area (Å²) in [7, 11) is -3.41. The van der Waals surface area contributed by atoms with Gasteiger partial charge in [-0.25, -0.2) is 8.42 Å². The molecule has 3 rings (SSSR count). The maximum Gasteiger partial charge on any atom is 0.243 e. The first-order valence-corrected chi connectivity index (χ1v) is 11.2. The summed E-state index contributed by atoms with van der Waals surface area (Å²) < 4.78 is 32.3. The van der Waals surface area contributed by atoms with Crippen molar-refractivity contribution in [2.75, 3.05) is 32.8 Å². The van der Waals surface area contributed by atoms with Gasteiger partial charge >= 0.3 is 0 Å². The number of ether oxygens (including phenoxy) is 1. The molecule has 1 aromatic rings. The Labute approximate surface area is 158 Å². The maximum atomic E-state index is 12.7. The van der Waals surface area contributed by atoms with E-state index >= 15 is 0 Å². The summed E-state index contributed by atoms with van der Waals surface area (Å²) >= 11 is 0. The van der Waals surface area contributed by atoms with Gasteiger partial charge in [0.05, 0.1) is 18.1 Å². The molecule has 26 heavy (non-hydrogen) atoms. The zero-order valence-corrected chi connectivity index (χ0v) is 17.1. The van der Waals surface area contributed by atoms with Gasteiger partial charge in [-0.15, -0.1) is 0 Å². The summed E-state index contributed by atoms with van der Waals surface area (Å²) in [5.41, 5.74) is 1.40. The second-order valence-electron chi connectivity index (χ2n) is 8.05. The number of morpholine rings is 1. The summed E-state index contributed by atoms with van der Waals surface area (Å²) in [5.74, 6) is 0.601. The van der Waals surface area contributed by atoms with Crippen LogP contribution in [0.5, 0.6) is 0 Å². The van der Waals surface area contributed by atoms with Crippen LogP contribution in [0.25, 0.3) is 0 Å². The molecule has 2 saturated heterocycles. The van der Waals surface area contributed by atoms with Gasteiger partial charge in [-0.1, -0.05) is 32.4 Å². The van der Waals surface area contributed by atoms with Crippen molar-refractivity contribution in [2.45, 2.75) is 57.0 Å². The molecule has 0 N–H and O–H groups in total. The van der Waals surface area contributed by atoms with Crippen LogP contribution in [-0.2, 0) is 21.3 Å². The van der Waals surface area contributed by atoms with Crippen LogP contribution in [0, 0.1) is 5.92 Å². The molecule has 2 aliphatic rings. The van der Waals surface area contributed by atoms with Gasteiger partial charge in [-0.05, 0) is 49.9 Å². The molecule has 0 saturated carbocycles. The number of hydrogen-bond donors (Lipinski definition) is 0. The number of hydrogen-bond acceptors (Lipinski definition) is 4. The fourth-order valence-corrected chi connectivity index (χ4v) is 5.44. The molecule has 0 aromatic heterocycles. The van der Waals surface area contributed by atoms with Crippen LogP contribution in [0.2, 0.25) is 0 Å². The molecule has 1 atom stereocenters. The zero-order valence-electron chi connectivity index (χ0n) is 16.3. The van der Waals surface area contributed by atoms with E-state index in [9.17, 15) is 8.42 Å². The van der Waals surface area contributed by atoms with Crippen LogP contribution >= 0.6 is 0 Å². The smallest absolute Gasteiger partial charge is 0.243 e. The van der Waals surface area contributed by atoms with Gasteiger partial charge < -0.3 is 4.74 Å². The van der Waals surface area contributed by atoms with Crippen molar-refractivity contribution in [2.24, 2.45) is 5.92 Å². The molecule has 1 unspecified atom stereocenters. The van der Waals surface area contributed by atoms with E-state index in [1.165, 1.54) is 29.1 Å². The Morgan fingerprint density at radius 2 is 1.73 bits per heavy atom. The van der Waals surface area contributed by atoms with E-state index in [1.807, 2.05) is 12.1 Å². The SMILES string of the molecule is CC(C)C1(C)CCCCN1Cc1ccc(S(=O)(=O)N2CCOCC2)cc1. The molecule has 2 heterocycles. The minimum absolute atomic E-state index is 0.219. The first-order chi connectivity index (χ1) is 12.3. The highest BCUT2D eigenvalue weighted by atomic mass is 32.2. The lowest BCUT2D eigenvalue weighted by molar-refractivity contribution is 0.0163. The van der Waals surface area contributed by atoms with Crippen LogP contribution in [-0.4, -0.2) is 56.0 Å². The monoisotopic (exact) mass is 380 g/mol. The molecule has 0 radical (unpaired) electrons. The van der Waals surface area contributed by atoms with E-state index in [4.69, 9.17) is 4.74 Å². The average Bonchev–Trinajstić information content (AvgIpc) is 2.65. The van der Waals surface area contributed by atoms with Crippen LogP contribution in [0.3, 0.4) is 0 Å². The Morgan fingerprint density at radius 1 is 1.08 bits per heavy atom. The standard InChI is InChI=1S/C20H32N2O3S/c1-17(2)20(3)10-4-5-11-21(20)16-18-6-8-19(9-7-18)26(23,24)22-12-14-25-15-13-22/h6-9,17H,4-5,10-16H2,1-3H3. The van der Waals surface area contributed by atoms with Crippen molar-refractivity contribution in [1.82, 2.24) is 9.21 Å². The van der Waals surface area contributed by atoms with E-state index in [-0.39, 0.29) is 5.54 Å². The van der Waals surface area contributed by atoms with Gasteiger partial charge in [0.2, 0.25) is 10.0 Å². The van der Waals surface area contributed by atoms with Gasteiger partial charge in [0.1, 0.15) is 0 Å². The van der Waals surface area contributed by atoms with Crippen LogP contribution in [0.4, 0.5) is 0 Å². The molecule has 0 bridgehead atoms. The third-order valence-corrected chi connectivity index (χ3v) is 8.14. The highest BCUT2D eigenvalue weighted by Crippen LogP contribution is 2.35. The summed E-state index contributed by atoms with van der Waals surface area (Å²) in [6.07, 6.45) is 3.77. The molecule has 146 valence electrons. The molecule has 1 aromatic carbocycles. The number of sulfonamides is 1. The van der Waals surface area contributed by atoms with E-state index in [0.717, 1.165) is 13.1 Å². The van der Waals surface area contributed by atoms with Gasteiger partial charge in [-0.2, -0.15) is 4.31 Å². The summed E-state index contributed by atoms with van der Waals surface area (Å²) in [4.78, 5) is 2.96. The molecule has 2 fully saturated rings. The first-order valence-electron chi connectivity index (χ1n) is 9.76. The minimum Gasteiger partial charge on any atom is -0.379 e. The van der Waals surface area contributed by atoms with Crippen molar-refractivity contribution >= 4 is 10.0 Å². The normalized spacial score (nSPS) is 26.3. The topological polar surface area (TPSA) is 49.9 Å². The number of benzene rings is 1. The minimum atomic E-state index is -3.41. The van der Waals surface area contributed by atoms with Crippen molar-refractivity contribution in [3.8, 4) is 0 Å². The molecular formula is C20H32N2O3S. The number of rotatable bonds is 5. The van der Waals surface area contributed by atoms with E-state index in [1.54, 1.807) is 12.1 Å². The summed E-state index contributed by atoms with van der Waals surface area (Å²) in [5, 5.41) is 0. The van der Waals surface area contributed by atoms with Gasteiger partial charge in [0, 0.05) is 25.2 Å². The number of nitrogens with zero attached hydrogens (tertiary/aromatic N) is 2. The molecule has 0 aliphatic carbocycles. The van der Waals surface area contributed by atoms with Crippen molar-refractivity contribution < 1.29 is 13.2 Å². The second kappa shape index (κ2) is 7.97. The Balaban J connectivity index is 1.73. The lowest BCUT2D eigenvalue weighted by Gasteiger charge is -2.48. The third-order valence-electron chi connectivity index (χ3n) is 6.23. The van der Waals surface area contributed by atoms with E-state index < -0.39 is 10.0 Å². The van der Waals surface area contributed by atoms with Gasteiger partial charge in [0.25, 0.3) is 0 Å². The number of piperidine rings is 1. The molecule has 2 aliphatic heterocycles. The van der Waals surface area contributed by atoms with E-state index in [2.05, 4.69) is 25.7 Å². The highest BCUT2D eigenvalue weighted by molar-refractivity contribution is 7.89. The lowest BCUT2D eigenvalue weighted by Crippen LogP contribution is -2.52. The number of likely N-dealkylation sites (tertiary alicyclic amines) is 1. The van der Waals surface area contributed by atoms with E-state index in [0.29, 0.717) is 37.1 Å². The largest absolute Gasteiger partial charge is 0.379 e. The summed E-state index contributed by atoms with van der Waals surface area (Å²) in [6.45, 7) is 10.8. The van der Waals surface area contributed by atoms with Crippen molar-refractivity contribution in [3.63, 3.8) is 0 Å². The third kappa shape index (κ3) is 3.98. The average molecular weight is 381 g/mol. The maximum absolute atomic E-state index is 12.7. The second-order valence-corrected chi connectivity index (χ2v) is 9.99. The van der Waals surface area contributed by atoms with Crippen molar-refractivity contribution in [3.05, 3.63) is 29.8 Å².